The van der Waals surface area contributed by atoms with Crippen LogP contribution in [-0.4, -0.2) is 23.4 Å². The Bertz CT molecular complexity index is 688. The lowest BCUT2D eigenvalue weighted by molar-refractivity contribution is -0.187. The van der Waals surface area contributed by atoms with E-state index in [1.54, 1.807) is 0 Å². The second-order valence-corrected chi connectivity index (χ2v) is 7.39. The van der Waals surface area contributed by atoms with Gasteiger partial charge in [0, 0.05) is 10.6 Å². The topological polar surface area (TPSA) is 46.5 Å². The quantitative estimate of drug-likeness (QED) is 0.812. The van der Waals surface area contributed by atoms with Gasteiger partial charge < -0.3 is 9.84 Å². The van der Waals surface area contributed by atoms with Crippen molar-refractivity contribution in [3.63, 3.8) is 0 Å². The Hall–Kier alpha value is -1.69. The molecule has 1 N–H and O–H groups in total. The Kier molecular flexibility index (Phi) is 4.91. The average molecular weight is 363 g/mol. The van der Waals surface area contributed by atoms with Gasteiger partial charge in [0.05, 0.1) is 5.57 Å². The van der Waals surface area contributed by atoms with Gasteiger partial charge in [0.25, 0.3) is 0 Å². The van der Waals surface area contributed by atoms with E-state index < -0.39 is 23.8 Å². The Labute approximate surface area is 143 Å². The van der Waals surface area contributed by atoms with Crippen molar-refractivity contribution in [3.8, 4) is 5.75 Å². The van der Waals surface area contributed by atoms with Crippen LogP contribution in [0.25, 0.3) is 6.08 Å². The molecular formula is C17H18ClF3O3. The molecule has 1 aromatic carbocycles. The molecule has 0 saturated heterocycles. The fraction of sp³-hybridized carbons (Fsp3) is 0.471. The Morgan fingerprint density at radius 1 is 1.29 bits per heavy atom. The van der Waals surface area contributed by atoms with Gasteiger partial charge in [-0.3, -0.25) is 0 Å². The number of ether oxygens (including phenoxy) is 1. The van der Waals surface area contributed by atoms with Gasteiger partial charge in [-0.25, -0.2) is 4.79 Å². The van der Waals surface area contributed by atoms with Crippen LogP contribution in [-0.2, 0) is 11.2 Å². The zero-order chi connectivity index (χ0) is 18.3. The summed E-state index contributed by atoms with van der Waals surface area (Å²) in [5.41, 5.74) is 0.106. The third-order valence-corrected chi connectivity index (χ3v) is 4.06. The summed E-state index contributed by atoms with van der Waals surface area (Å²) in [6, 6.07) is 2.92. The zero-order valence-electron chi connectivity index (χ0n) is 13.5. The number of aryl methyl sites for hydroxylation is 1. The maximum Gasteiger partial charge on any atom is 0.430 e. The van der Waals surface area contributed by atoms with E-state index >= 15 is 0 Å². The van der Waals surface area contributed by atoms with E-state index in [-0.39, 0.29) is 16.7 Å². The predicted octanol–water partition coefficient (Wildman–Crippen LogP) is 5.11. The smallest absolute Gasteiger partial charge is 0.430 e. The fourth-order valence-electron chi connectivity index (χ4n) is 2.38. The van der Waals surface area contributed by atoms with Gasteiger partial charge in [0.1, 0.15) is 5.75 Å². The number of carboxylic acids is 1. The number of rotatable bonds is 3. The first-order chi connectivity index (χ1) is 10.9. The molecule has 0 amide bonds. The van der Waals surface area contributed by atoms with Crippen LogP contribution in [0.5, 0.6) is 5.75 Å². The monoisotopic (exact) mass is 362 g/mol. The van der Waals surface area contributed by atoms with Gasteiger partial charge in [0.2, 0.25) is 6.10 Å². The molecule has 1 atom stereocenters. The number of hydrogen-bond acceptors (Lipinski definition) is 2. The summed E-state index contributed by atoms with van der Waals surface area (Å²) >= 11 is 6.19. The lowest BCUT2D eigenvalue weighted by Crippen LogP contribution is -2.40. The molecule has 0 fully saturated rings. The van der Waals surface area contributed by atoms with Crippen LogP contribution in [0.15, 0.2) is 17.7 Å². The van der Waals surface area contributed by atoms with Gasteiger partial charge in [0.15, 0.2) is 0 Å². The van der Waals surface area contributed by atoms with Crippen LogP contribution in [0.4, 0.5) is 13.2 Å². The maximum atomic E-state index is 13.1. The highest BCUT2D eigenvalue weighted by atomic mass is 35.5. The molecule has 0 spiro atoms. The van der Waals surface area contributed by atoms with Crippen molar-refractivity contribution in [2.75, 3.05) is 0 Å². The molecule has 0 bridgehead atoms. The molecule has 0 aromatic heterocycles. The number of carbonyl (C=O) groups is 1. The number of aliphatic carboxylic acids is 1. The van der Waals surface area contributed by atoms with Crippen LogP contribution in [0.2, 0.25) is 5.02 Å². The molecule has 3 nitrogen and oxygen atoms in total. The van der Waals surface area contributed by atoms with E-state index in [4.69, 9.17) is 21.4 Å². The second kappa shape index (κ2) is 6.31. The van der Waals surface area contributed by atoms with Gasteiger partial charge in [-0.2, -0.15) is 13.2 Å². The SMILES string of the molecule is CC(C)(C)CCc1cc2c(cc1Cl)C=C(C(=O)O)C(C(F)(F)F)O2. The highest BCUT2D eigenvalue weighted by molar-refractivity contribution is 6.31. The zero-order valence-corrected chi connectivity index (χ0v) is 14.3. The van der Waals surface area contributed by atoms with Crippen LogP contribution in [0, 0.1) is 5.41 Å². The summed E-state index contributed by atoms with van der Waals surface area (Å²) in [4.78, 5) is 11.1. The van der Waals surface area contributed by atoms with Crippen molar-refractivity contribution in [1.29, 1.82) is 0 Å². The third kappa shape index (κ3) is 4.23. The summed E-state index contributed by atoms with van der Waals surface area (Å²) in [6.45, 7) is 6.16. The minimum Gasteiger partial charge on any atom is -0.478 e. The normalized spacial score (nSPS) is 17.8. The molecule has 0 saturated carbocycles. The van der Waals surface area contributed by atoms with Crippen LogP contribution in [0.3, 0.4) is 0 Å². The van der Waals surface area contributed by atoms with Gasteiger partial charge in [-0.1, -0.05) is 32.4 Å². The average Bonchev–Trinajstić information content (AvgIpc) is 2.41. The molecule has 0 radical (unpaired) electrons. The Morgan fingerprint density at radius 2 is 1.92 bits per heavy atom. The minimum atomic E-state index is -4.81. The van der Waals surface area contributed by atoms with Crippen molar-refractivity contribution < 1.29 is 27.8 Å². The lowest BCUT2D eigenvalue weighted by Gasteiger charge is -2.28. The summed E-state index contributed by atoms with van der Waals surface area (Å²) in [5.74, 6) is -1.67. The maximum absolute atomic E-state index is 13.1. The van der Waals surface area contributed by atoms with Crippen LogP contribution >= 0.6 is 11.6 Å². The summed E-state index contributed by atoms with van der Waals surface area (Å²) in [6.07, 6.45) is -4.94. The molecule has 0 aliphatic carbocycles. The molecule has 1 aliphatic rings. The molecule has 1 aromatic rings. The molecule has 132 valence electrons. The van der Waals surface area contributed by atoms with Gasteiger partial charge in [-0.15, -0.1) is 0 Å². The number of benzene rings is 1. The largest absolute Gasteiger partial charge is 0.478 e. The third-order valence-electron chi connectivity index (χ3n) is 3.71. The van der Waals surface area contributed by atoms with Crippen molar-refractivity contribution in [3.05, 3.63) is 33.9 Å². The molecule has 1 heterocycles. The number of carboxylic acid groups (broad SMARTS) is 1. The van der Waals surface area contributed by atoms with Crippen LogP contribution in [0.1, 0.15) is 38.3 Å². The lowest BCUT2D eigenvalue weighted by atomic mass is 9.88. The van der Waals surface area contributed by atoms with Gasteiger partial charge in [-0.05, 0) is 42.0 Å². The fourth-order valence-corrected chi connectivity index (χ4v) is 2.64. The first-order valence-corrected chi connectivity index (χ1v) is 7.77. The number of hydrogen-bond donors (Lipinski definition) is 1. The Balaban J connectivity index is 2.42. The summed E-state index contributed by atoms with van der Waals surface area (Å²) < 4.78 is 44.2. The molecule has 7 heteroatoms. The number of halogens is 4. The first kappa shape index (κ1) is 18.6. The van der Waals surface area contributed by atoms with E-state index in [9.17, 15) is 18.0 Å². The Morgan fingerprint density at radius 3 is 2.42 bits per heavy atom. The molecule has 2 rings (SSSR count). The van der Waals surface area contributed by atoms with Crippen molar-refractivity contribution >= 4 is 23.6 Å². The van der Waals surface area contributed by atoms with Crippen molar-refractivity contribution in [2.45, 2.75) is 45.9 Å². The minimum absolute atomic E-state index is 0.00404. The predicted molar refractivity (Wildman–Crippen MR) is 85.3 cm³/mol. The first-order valence-electron chi connectivity index (χ1n) is 7.39. The van der Waals surface area contributed by atoms with E-state index in [1.807, 2.05) is 0 Å². The number of fused-ring (bicyclic) bond motifs is 1. The molecular weight excluding hydrogens is 345 g/mol. The van der Waals surface area contributed by atoms with Gasteiger partial charge >= 0.3 is 12.1 Å². The standard InChI is InChI=1S/C17H18ClF3O3/c1-16(2,3)5-4-9-8-13-10(7-12(9)18)6-11(15(22)23)14(24-13)17(19,20)21/h6-8,14H,4-5H2,1-3H3,(H,22,23). The van der Waals surface area contributed by atoms with E-state index in [0.29, 0.717) is 17.0 Å². The van der Waals surface area contributed by atoms with E-state index in [2.05, 4.69) is 20.8 Å². The highest BCUT2D eigenvalue weighted by Gasteiger charge is 2.48. The highest BCUT2D eigenvalue weighted by Crippen LogP contribution is 2.40. The molecule has 1 aliphatic heterocycles. The van der Waals surface area contributed by atoms with Crippen LogP contribution < -0.4 is 4.74 Å². The summed E-state index contributed by atoms with van der Waals surface area (Å²) in [7, 11) is 0. The molecule has 24 heavy (non-hydrogen) atoms. The van der Waals surface area contributed by atoms with E-state index in [0.717, 1.165) is 12.5 Å². The summed E-state index contributed by atoms with van der Waals surface area (Å²) in [5, 5.41) is 9.40. The number of alkyl halides is 3. The van der Waals surface area contributed by atoms with Crippen molar-refractivity contribution in [1.82, 2.24) is 0 Å². The van der Waals surface area contributed by atoms with Crippen molar-refractivity contribution in [2.24, 2.45) is 5.41 Å². The second-order valence-electron chi connectivity index (χ2n) is 6.99. The molecule has 1 unspecified atom stereocenters. The van der Waals surface area contributed by atoms with E-state index in [1.165, 1.54) is 12.1 Å².